The van der Waals surface area contributed by atoms with Gasteiger partial charge in [0.2, 0.25) is 0 Å². The highest BCUT2D eigenvalue weighted by molar-refractivity contribution is 5.91. The Morgan fingerprint density at radius 2 is 2.03 bits per heavy atom. The Morgan fingerprint density at radius 1 is 1.24 bits per heavy atom. The van der Waals surface area contributed by atoms with Gasteiger partial charge in [0.1, 0.15) is 12.4 Å². The van der Waals surface area contributed by atoms with Gasteiger partial charge in [-0.1, -0.05) is 19.9 Å². The number of phenolic OH excluding ortho intramolecular Hbond substituents is 1. The smallest absolute Gasteiger partial charge is 0.343 e. The Morgan fingerprint density at radius 3 is 2.76 bits per heavy atom. The van der Waals surface area contributed by atoms with Crippen LogP contribution in [0.5, 0.6) is 5.75 Å². The summed E-state index contributed by atoms with van der Waals surface area (Å²) in [5.41, 5.74) is 2.16. The number of hydrogen-bond donors (Lipinski definition) is 2. The zero-order valence-corrected chi connectivity index (χ0v) is 16.2. The van der Waals surface area contributed by atoms with Crippen molar-refractivity contribution in [1.82, 2.24) is 9.55 Å². The first-order valence-electron chi connectivity index (χ1n) is 9.70. The quantitative estimate of drug-likeness (QED) is 0.508. The van der Waals surface area contributed by atoms with Crippen molar-refractivity contribution in [2.45, 2.75) is 45.4 Å². The monoisotopic (exact) mass is 392 g/mol. The number of benzene rings is 1. The van der Waals surface area contributed by atoms with Crippen LogP contribution in [0.25, 0.3) is 22.3 Å². The van der Waals surface area contributed by atoms with Crippen LogP contribution in [0, 0.1) is 0 Å². The second-order valence-corrected chi connectivity index (χ2v) is 7.59. The van der Waals surface area contributed by atoms with E-state index in [0.717, 1.165) is 17.5 Å². The number of phenols is 1. The summed E-state index contributed by atoms with van der Waals surface area (Å²) in [4.78, 5) is 30.2. The van der Waals surface area contributed by atoms with Crippen molar-refractivity contribution in [3.63, 3.8) is 0 Å². The molecular weight excluding hydrogens is 372 g/mol. The lowest BCUT2D eigenvalue weighted by Crippen LogP contribution is -2.44. The van der Waals surface area contributed by atoms with E-state index in [4.69, 9.17) is 9.72 Å². The number of carbonyl (C=O) groups is 1. The average molecular weight is 392 g/mol. The van der Waals surface area contributed by atoms with Crippen molar-refractivity contribution in [2.24, 2.45) is 0 Å². The predicted octanol–water partition coefficient (Wildman–Crippen LogP) is 2.35. The molecule has 2 aromatic heterocycles. The molecule has 4 heterocycles. The Kier molecular flexibility index (Phi) is 3.64. The van der Waals surface area contributed by atoms with Crippen molar-refractivity contribution < 1.29 is 19.7 Å². The summed E-state index contributed by atoms with van der Waals surface area (Å²) in [5, 5.41) is 21.9. The van der Waals surface area contributed by atoms with Crippen LogP contribution in [-0.2, 0) is 34.7 Å². The van der Waals surface area contributed by atoms with E-state index in [9.17, 15) is 19.8 Å². The lowest BCUT2D eigenvalue weighted by Gasteiger charge is -2.31. The van der Waals surface area contributed by atoms with Gasteiger partial charge >= 0.3 is 5.97 Å². The highest BCUT2D eigenvalue weighted by atomic mass is 16.6. The SMILES string of the molecule is CCc1ccc(O)c2cc3c(nc12)-c1cc2c(c(=O)n1C3)COC(=O)[C@]2(O)CC. The molecule has 1 aromatic carbocycles. The second-order valence-electron chi connectivity index (χ2n) is 7.59. The van der Waals surface area contributed by atoms with E-state index < -0.39 is 11.6 Å². The Bertz CT molecular complexity index is 1280. The first kappa shape index (κ1) is 17.9. The summed E-state index contributed by atoms with van der Waals surface area (Å²) in [6.45, 7) is 3.86. The number of aliphatic hydroxyl groups is 1. The molecule has 1 atom stereocenters. The molecule has 0 bridgehead atoms. The fraction of sp³-hybridized carbons (Fsp3) is 0.318. The van der Waals surface area contributed by atoms with Gasteiger partial charge in [-0.15, -0.1) is 0 Å². The first-order valence-corrected chi connectivity index (χ1v) is 9.70. The normalized spacial score (nSPS) is 19.6. The van der Waals surface area contributed by atoms with E-state index >= 15 is 0 Å². The van der Waals surface area contributed by atoms with Gasteiger partial charge in [0, 0.05) is 16.5 Å². The van der Waals surface area contributed by atoms with Crippen molar-refractivity contribution >= 4 is 16.9 Å². The number of nitrogens with zero attached hydrogens (tertiary/aromatic N) is 2. The van der Waals surface area contributed by atoms with Crippen LogP contribution in [0.2, 0.25) is 0 Å². The minimum absolute atomic E-state index is 0.105. The van der Waals surface area contributed by atoms with Gasteiger partial charge in [0.15, 0.2) is 5.60 Å². The third-order valence-corrected chi connectivity index (χ3v) is 6.12. The molecule has 0 unspecified atom stereocenters. The number of aryl methyl sites for hydroxylation is 1. The molecule has 0 spiro atoms. The number of carbonyl (C=O) groups excluding carboxylic acids is 1. The molecule has 5 rings (SSSR count). The molecule has 3 aromatic rings. The van der Waals surface area contributed by atoms with Gasteiger partial charge in [0.05, 0.1) is 29.0 Å². The van der Waals surface area contributed by atoms with Crippen LogP contribution in [-0.4, -0.2) is 25.7 Å². The zero-order chi connectivity index (χ0) is 20.5. The number of fused-ring (bicyclic) bond motifs is 5. The van der Waals surface area contributed by atoms with Gasteiger partial charge in [0.25, 0.3) is 5.56 Å². The number of aromatic nitrogens is 2. The van der Waals surface area contributed by atoms with E-state index in [2.05, 4.69) is 0 Å². The van der Waals surface area contributed by atoms with E-state index in [1.54, 1.807) is 23.6 Å². The number of aromatic hydroxyl groups is 1. The van der Waals surface area contributed by atoms with Crippen LogP contribution in [0.15, 0.2) is 29.1 Å². The Hall–Kier alpha value is -3.19. The van der Waals surface area contributed by atoms with Crippen molar-refractivity contribution in [2.75, 3.05) is 0 Å². The summed E-state index contributed by atoms with van der Waals surface area (Å²) in [6, 6.07) is 7.06. The van der Waals surface area contributed by atoms with Gasteiger partial charge in [-0.25, -0.2) is 9.78 Å². The standard InChI is InChI=1S/C22H20N2O5/c1-3-11-5-6-17(25)13-7-12-9-24-16(19(12)23-18(11)13)8-15-14(20(24)26)10-29-21(27)22(15,28)4-2/h5-8,25,28H,3-4,9-10H2,1-2H3/t22-/m0/s1. The highest BCUT2D eigenvalue weighted by Gasteiger charge is 2.45. The van der Waals surface area contributed by atoms with Crippen LogP contribution in [0.3, 0.4) is 0 Å². The minimum Gasteiger partial charge on any atom is -0.507 e. The summed E-state index contributed by atoms with van der Waals surface area (Å²) in [7, 11) is 0. The number of hydrogen-bond acceptors (Lipinski definition) is 6. The fourth-order valence-corrected chi connectivity index (χ4v) is 4.39. The van der Waals surface area contributed by atoms with Gasteiger partial charge < -0.3 is 19.5 Å². The molecule has 0 saturated carbocycles. The Balaban J connectivity index is 1.82. The number of pyridine rings is 2. The fourth-order valence-electron chi connectivity index (χ4n) is 4.39. The number of rotatable bonds is 2. The van der Waals surface area contributed by atoms with Gasteiger partial charge in [-0.2, -0.15) is 0 Å². The topological polar surface area (TPSA) is 102 Å². The molecule has 2 aliphatic rings. The summed E-state index contributed by atoms with van der Waals surface area (Å²) < 4.78 is 6.68. The lowest BCUT2D eigenvalue weighted by molar-refractivity contribution is -0.172. The third-order valence-electron chi connectivity index (χ3n) is 6.12. The maximum Gasteiger partial charge on any atom is 0.343 e. The number of ether oxygens (including phenoxy) is 1. The van der Waals surface area contributed by atoms with Gasteiger partial charge in [-0.05, 0) is 36.6 Å². The highest BCUT2D eigenvalue weighted by Crippen LogP contribution is 2.39. The molecule has 0 radical (unpaired) electrons. The molecule has 7 nitrogen and oxygen atoms in total. The molecule has 0 fully saturated rings. The summed E-state index contributed by atoms with van der Waals surface area (Å²) in [5.74, 6) is -0.589. The van der Waals surface area contributed by atoms with E-state index in [0.29, 0.717) is 40.0 Å². The Labute approximate surface area is 166 Å². The second kappa shape index (κ2) is 5.90. The van der Waals surface area contributed by atoms with E-state index in [-0.39, 0.29) is 24.3 Å². The molecular formula is C22H20N2O5. The van der Waals surface area contributed by atoms with Crippen molar-refractivity contribution in [3.8, 4) is 17.1 Å². The molecule has 0 amide bonds. The van der Waals surface area contributed by atoms with Crippen molar-refractivity contribution in [3.05, 3.63) is 56.9 Å². The molecule has 2 N–H and O–H groups in total. The lowest BCUT2D eigenvalue weighted by atomic mass is 9.86. The minimum atomic E-state index is -1.84. The average Bonchev–Trinajstić information content (AvgIpc) is 3.09. The van der Waals surface area contributed by atoms with E-state index in [1.165, 1.54) is 0 Å². The summed E-state index contributed by atoms with van der Waals surface area (Å²) in [6.07, 6.45) is 0.856. The summed E-state index contributed by atoms with van der Waals surface area (Å²) >= 11 is 0. The zero-order valence-electron chi connectivity index (χ0n) is 16.2. The van der Waals surface area contributed by atoms with E-state index in [1.807, 2.05) is 19.1 Å². The van der Waals surface area contributed by atoms with Crippen LogP contribution in [0.1, 0.15) is 42.5 Å². The molecule has 2 aliphatic heterocycles. The molecule has 29 heavy (non-hydrogen) atoms. The molecule has 0 saturated heterocycles. The molecule has 7 heteroatoms. The van der Waals surface area contributed by atoms with Gasteiger partial charge in [-0.3, -0.25) is 4.79 Å². The van der Waals surface area contributed by atoms with Crippen LogP contribution < -0.4 is 5.56 Å². The molecule has 0 aliphatic carbocycles. The largest absolute Gasteiger partial charge is 0.507 e. The van der Waals surface area contributed by atoms with Crippen molar-refractivity contribution in [1.29, 1.82) is 0 Å². The maximum absolute atomic E-state index is 13.2. The molecule has 148 valence electrons. The number of cyclic esters (lactones) is 1. The first-order chi connectivity index (χ1) is 13.9. The van der Waals surface area contributed by atoms with Crippen LogP contribution >= 0.6 is 0 Å². The maximum atomic E-state index is 13.2. The third kappa shape index (κ3) is 2.25. The predicted molar refractivity (Wildman–Crippen MR) is 106 cm³/mol. The number of esters is 1. The van der Waals surface area contributed by atoms with Crippen LogP contribution in [0.4, 0.5) is 0 Å².